The van der Waals surface area contributed by atoms with Gasteiger partial charge >= 0.3 is 0 Å². The molecule has 0 aliphatic heterocycles. The minimum atomic E-state index is -1.52. The summed E-state index contributed by atoms with van der Waals surface area (Å²) in [6, 6.07) is 8.11. The standard InChI is InChI=1S/C8H8O3.C6H15N/c9-7(8(10)11)6-4-2-1-3-5-6;1-4-7(5-2)6-3/h1-5,7,9H,(H,10,11);4-6H2,1-3H3. The zero-order valence-electron chi connectivity index (χ0n) is 11.3. The highest BCUT2D eigenvalue weighted by molar-refractivity contribution is 5.71. The first-order valence-electron chi connectivity index (χ1n) is 6.34. The molecule has 1 aromatic carbocycles. The van der Waals surface area contributed by atoms with Gasteiger partial charge in [0.05, 0.1) is 25.6 Å². The molecule has 1 unspecified atom stereocenters. The van der Waals surface area contributed by atoms with Gasteiger partial charge in [-0.1, -0.05) is 30.3 Å². The molecule has 0 fully saturated rings. The van der Waals surface area contributed by atoms with E-state index in [-0.39, 0.29) is 0 Å². The van der Waals surface area contributed by atoms with Gasteiger partial charge in [-0.15, -0.1) is 0 Å². The monoisotopic (exact) mass is 253 g/mol. The summed E-state index contributed by atoms with van der Waals surface area (Å²) in [6.45, 7) is 10.5. The van der Waals surface area contributed by atoms with E-state index < -0.39 is 12.1 Å². The number of benzene rings is 1. The van der Waals surface area contributed by atoms with Crippen LogP contribution in [-0.2, 0) is 4.79 Å². The van der Waals surface area contributed by atoms with Gasteiger partial charge in [0.2, 0.25) is 0 Å². The molecule has 1 aromatic rings. The molecule has 0 radical (unpaired) electrons. The number of nitrogens with one attached hydrogen (secondary N) is 1. The van der Waals surface area contributed by atoms with Crippen molar-refractivity contribution >= 4 is 5.97 Å². The maximum atomic E-state index is 10.1. The molecule has 2 N–H and O–H groups in total. The fourth-order valence-electron chi connectivity index (χ4n) is 1.52. The van der Waals surface area contributed by atoms with Crippen LogP contribution in [-0.4, -0.2) is 30.7 Å². The third-order valence-electron chi connectivity index (χ3n) is 2.84. The number of carbonyl (C=O) groups is 1. The number of carboxylic acids is 1. The Labute approximate surface area is 109 Å². The van der Waals surface area contributed by atoms with E-state index in [0.29, 0.717) is 5.56 Å². The van der Waals surface area contributed by atoms with Crippen LogP contribution < -0.4 is 10.0 Å². The minimum Gasteiger partial charge on any atom is -0.547 e. The molecule has 1 atom stereocenters. The molecule has 0 heterocycles. The lowest BCUT2D eigenvalue weighted by atomic mass is 10.1. The molecule has 0 aliphatic rings. The molecule has 4 heteroatoms. The van der Waals surface area contributed by atoms with Gasteiger partial charge in [0, 0.05) is 0 Å². The molecule has 102 valence electrons. The Hall–Kier alpha value is -1.39. The van der Waals surface area contributed by atoms with Crippen molar-refractivity contribution < 1.29 is 19.9 Å². The Morgan fingerprint density at radius 3 is 1.89 bits per heavy atom. The zero-order valence-corrected chi connectivity index (χ0v) is 11.3. The SMILES string of the molecule is CC[NH+](CC)CC.O=C([O-])C(O)c1ccccc1. The largest absolute Gasteiger partial charge is 0.547 e. The molecule has 0 saturated carbocycles. The second kappa shape index (κ2) is 9.62. The molecule has 18 heavy (non-hydrogen) atoms. The van der Waals surface area contributed by atoms with Crippen molar-refractivity contribution in [1.29, 1.82) is 0 Å². The molecule has 0 aliphatic carbocycles. The van der Waals surface area contributed by atoms with Crippen LogP contribution in [0.5, 0.6) is 0 Å². The lowest BCUT2D eigenvalue weighted by molar-refractivity contribution is -0.894. The highest BCUT2D eigenvalue weighted by Crippen LogP contribution is 2.09. The number of aliphatic carboxylic acids is 1. The topological polar surface area (TPSA) is 64.8 Å². The molecule has 0 amide bonds. The van der Waals surface area contributed by atoms with E-state index >= 15 is 0 Å². The van der Waals surface area contributed by atoms with Crippen LogP contribution in [0.3, 0.4) is 0 Å². The maximum absolute atomic E-state index is 10.1. The van der Waals surface area contributed by atoms with Gasteiger partial charge in [0.1, 0.15) is 6.10 Å². The Morgan fingerprint density at radius 1 is 1.17 bits per heavy atom. The Bertz CT molecular complexity index is 318. The summed E-state index contributed by atoms with van der Waals surface area (Å²) in [4.78, 5) is 11.8. The predicted octanol–water partition coefficient (Wildman–Crippen LogP) is -0.599. The van der Waals surface area contributed by atoms with Crippen molar-refractivity contribution in [1.82, 2.24) is 0 Å². The third-order valence-corrected chi connectivity index (χ3v) is 2.84. The smallest absolute Gasteiger partial charge is 0.118 e. The summed E-state index contributed by atoms with van der Waals surface area (Å²) in [5, 5.41) is 19.1. The highest BCUT2D eigenvalue weighted by atomic mass is 16.4. The Kier molecular flexibility index (Phi) is 8.88. The minimum absolute atomic E-state index is 0.340. The molecule has 4 nitrogen and oxygen atoms in total. The average Bonchev–Trinajstić information content (AvgIpc) is 2.41. The van der Waals surface area contributed by atoms with Gasteiger partial charge in [0.25, 0.3) is 0 Å². The third kappa shape index (κ3) is 6.37. The average molecular weight is 253 g/mol. The molecular formula is C14H23NO3. The number of rotatable bonds is 5. The van der Waals surface area contributed by atoms with Gasteiger partial charge in [-0.3, -0.25) is 0 Å². The van der Waals surface area contributed by atoms with Crippen molar-refractivity contribution in [2.45, 2.75) is 26.9 Å². The maximum Gasteiger partial charge on any atom is 0.118 e. The lowest BCUT2D eigenvalue weighted by Gasteiger charge is -2.10. The molecule has 1 rings (SSSR count). The Morgan fingerprint density at radius 2 is 1.61 bits per heavy atom. The number of carboxylic acid groups (broad SMARTS) is 1. The molecule has 0 saturated heterocycles. The molecule has 0 spiro atoms. The quantitative estimate of drug-likeness (QED) is 0.736. The van der Waals surface area contributed by atoms with Gasteiger partial charge in [-0.25, -0.2) is 0 Å². The fraction of sp³-hybridized carbons (Fsp3) is 0.500. The van der Waals surface area contributed by atoms with Crippen molar-refractivity contribution in [2.75, 3.05) is 19.6 Å². The van der Waals surface area contributed by atoms with Crippen molar-refractivity contribution in [3.63, 3.8) is 0 Å². The first-order chi connectivity index (χ1) is 8.56. The first-order valence-corrected chi connectivity index (χ1v) is 6.34. The van der Waals surface area contributed by atoms with Crippen LogP contribution in [0.1, 0.15) is 32.4 Å². The first kappa shape index (κ1) is 16.6. The van der Waals surface area contributed by atoms with Gasteiger partial charge in [0.15, 0.2) is 0 Å². The van der Waals surface area contributed by atoms with Gasteiger partial charge < -0.3 is 19.9 Å². The number of aliphatic hydroxyl groups excluding tert-OH is 1. The van der Waals surface area contributed by atoms with E-state index in [0.717, 1.165) is 0 Å². The second-order valence-electron chi connectivity index (χ2n) is 3.94. The van der Waals surface area contributed by atoms with Gasteiger partial charge in [-0.2, -0.15) is 0 Å². The summed E-state index contributed by atoms with van der Waals surface area (Å²) >= 11 is 0. The van der Waals surface area contributed by atoms with Gasteiger partial charge in [-0.05, 0) is 26.3 Å². The summed E-state index contributed by atoms with van der Waals surface area (Å²) in [5.41, 5.74) is 0.340. The molecule has 0 aromatic heterocycles. The fourth-order valence-corrected chi connectivity index (χ4v) is 1.52. The van der Waals surface area contributed by atoms with Crippen LogP contribution in [0.2, 0.25) is 0 Å². The second-order valence-corrected chi connectivity index (χ2v) is 3.94. The Balaban J connectivity index is 0.000000360. The van der Waals surface area contributed by atoms with Crippen molar-refractivity contribution in [3.05, 3.63) is 35.9 Å². The number of hydrogen-bond donors (Lipinski definition) is 2. The normalized spacial score (nSPS) is 11.6. The van der Waals surface area contributed by atoms with E-state index in [1.165, 1.54) is 31.8 Å². The van der Waals surface area contributed by atoms with E-state index in [4.69, 9.17) is 5.11 Å². The summed E-state index contributed by atoms with van der Waals surface area (Å²) in [6.07, 6.45) is -1.52. The number of aliphatic hydroxyl groups is 1. The van der Waals surface area contributed by atoms with E-state index in [1.54, 1.807) is 23.1 Å². The molecular weight excluding hydrogens is 230 g/mol. The molecule has 0 bridgehead atoms. The van der Waals surface area contributed by atoms with E-state index in [9.17, 15) is 9.90 Å². The van der Waals surface area contributed by atoms with Crippen LogP contribution >= 0.6 is 0 Å². The van der Waals surface area contributed by atoms with Crippen molar-refractivity contribution in [2.24, 2.45) is 0 Å². The predicted molar refractivity (Wildman–Crippen MR) is 69.0 cm³/mol. The highest BCUT2D eigenvalue weighted by Gasteiger charge is 2.05. The number of quaternary nitrogens is 1. The van der Waals surface area contributed by atoms with Crippen LogP contribution in [0.15, 0.2) is 30.3 Å². The van der Waals surface area contributed by atoms with E-state index in [1.807, 2.05) is 0 Å². The zero-order chi connectivity index (χ0) is 14.0. The summed E-state index contributed by atoms with van der Waals surface area (Å²) in [5.74, 6) is -1.48. The van der Waals surface area contributed by atoms with Crippen LogP contribution in [0.4, 0.5) is 0 Å². The summed E-state index contributed by atoms with van der Waals surface area (Å²) in [7, 11) is 0. The lowest BCUT2D eigenvalue weighted by Crippen LogP contribution is -3.11. The number of carbonyl (C=O) groups excluding carboxylic acids is 1. The van der Waals surface area contributed by atoms with Crippen molar-refractivity contribution in [3.8, 4) is 0 Å². The van der Waals surface area contributed by atoms with E-state index in [2.05, 4.69) is 20.8 Å². The van der Waals surface area contributed by atoms with Crippen LogP contribution in [0.25, 0.3) is 0 Å². The number of hydrogen-bond acceptors (Lipinski definition) is 3. The van der Waals surface area contributed by atoms with Crippen LogP contribution in [0, 0.1) is 0 Å². The summed E-state index contributed by atoms with van der Waals surface area (Å²) < 4.78 is 0.